The van der Waals surface area contributed by atoms with E-state index in [1.807, 2.05) is 13.8 Å². The molecule has 15 heavy (non-hydrogen) atoms. The number of nitrogens with one attached hydrogen (secondary N) is 1. The molecule has 1 aromatic heterocycles. The molecule has 0 aliphatic rings. The van der Waals surface area contributed by atoms with Gasteiger partial charge in [0.05, 0.1) is 17.4 Å². The Morgan fingerprint density at radius 3 is 2.93 bits per heavy atom. The van der Waals surface area contributed by atoms with Crippen molar-refractivity contribution in [3.63, 3.8) is 0 Å². The molecule has 0 aliphatic carbocycles. The van der Waals surface area contributed by atoms with E-state index in [1.54, 1.807) is 0 Å². The first-order valence-electron chi connectivity index (χ1n) is 4.70. The molecule has 0 aliphatic heterocycles. The summed E-state index contributed by atoms with van der Waals surface area (Å²) in [6, 6.07) is 1.46. The molecule has 1 aromatic rings. The van der Waals surface area contributed by atoms with Crippen LogP contribution in [0.15, 0.2) is 12.3 Å². The number of carbonyl (C=O) groups excluding carboxylic acids is 1. The molecule has 1 amide bonds. The zero-order valence-electron chi connectivity index (χ0n) is 8.75. The zero-order chi connectivity index (χ0) is 11.4. The van der Waals surface area contributed by atoms with Crippen LogP contribution in [0.4, 0.5) is 5.69 Å². The fraction of sp³-hybridized carbons (Fsp3) is 0.400. The molecular formula is C10H14ClN3O. The van der Waals surface area contributed by atoms with Crippen molar-refractivity contribution in [1.82, 2.24) is 10.3 Å². The van der Waals surface area contributed by atoms with Gasteiger partial charge in [-0.2, -0.15) is 0 Å². The number of pyridine rings is 1. The van der Waals surface area contributed by atoms with Crippen LogP contribution in [0.2, 0.25) is 5.15 Å². The molecule has 0 atom stereocenters. The predicted molar refractivity (Wildman–Crippen MR) is 60.8 cm³/mol. The minimum absolute atomic E-state index is 0.217. The Kier molecular flexibility index (Phi) is 3.91. The number of carbonyl (C=O) groups is 1. The Hall–Kier alpha value is -1.29. The first-order chi connectivity index (χ1) is 7.00. The van der Waals surface area contributed by atoms with Crippen molar-refractivity contribution in [3.8, 4) is 0 Å². The minimum atomic E-state index is -0.217. The largest absolute Gasteiger partial charge is 0.397 e. The number of hydrogen-bond donors (Lipinski definition) is 2. The van der Waals surface area contributed by atoms with Gasteiger partial charge < -0.3 is 11.1 Å². The Labute approximate surface area is 93.8 Å². The molecule has 4 nitrogen and oxygen atoms in total. The van der Waals surface area contributed by atoms with Gasteiger partial charge in [-0.05, 0) is 12.0 Å². The summed E-state index contributed by atoms with van der Waals surface area (Å²) >= 11 is 5.68. The predicted octanol–water partition coefficient (Wildman–Crippen LogP) is 1.70. The van der Waals surface area contributed by atoms with Gasteiger partial charge in [0, 0.05) is 6.54 Å². The van der Waals surface area contributed by atoms with Crippen molar-refractivity contribution in [2.45, 2.75) is 13.8 Å². The van der Waals surface area contributed by atoms with E-state index in [4.69, 9.17) is 17.3 Å². The highest BCUT2D eigenvalue weighted by Gasteiger charge is 2.10. The lowest BCUT2D eigenvalue weighted by molar-refractivity contribution is 0.0950. The lowest BCUT2D eigenvalue weighted by atomic mass is 10.2. The molecule has 0 aromatic carbocycles. The number of amides is 1. The van der Waals surface area contributed by atoms with Crippen molar-refractivity contribution >= 4 is 23.2 Å². The highest BCUT2D eigenvalue weighted by Crippen LogP contribution is 2.14. The molecule has 3 N–H and O–H groups in total. The quantitative estimate of drug-likeness (QED) is 0.773. The van der Waals surface area contributed by atoms with E-state index in [9.17, 15) is 4.79 Å². The van der Waals surface area contributed by atoms with Crippen LogP contribution in [-0.4, -0.2) is 17.4 Å². The number of nitrogens with zero attached hydrogens (tertiary/aromatic N) is 1. The third-order valence-corrected chi connectivity index (χ3v) is 2.02. The van der Waals surface area contributed by atoms with Gasteiger partial charge in [0.2, 0.25) is 0 Å². The summed E-state index contributed by atoms with van der Waals surface area (Å²) in [5.74, 6) is 0.179. The van der Waals surface area contributed by atoms with Crippen LogP contribution in [0, 0.1) is 5.92 Å². The minimum Gasteiger partial charge on any atom is -0.397 e. The number of nitrogen functional groups attached to an aromatic ring is 1. The highest BCUT2D eigenvalue weighted by molar-refractivity contribution is 6.29. The van der Waals surface area contributed by atoms with Gasteiger partial charge in [0.1, 0.15) is 5.15 Å². The number of anilines is 1. The maximum absolute atomic E-state index is 11.6. The number of nitrogens with two attached hydrogens (primary N) is 1. The van der Waals surface area contributed by atoms with Gasteiger partial charge in [-0.15, -0.1) is 0 Å². The second-order valence-corrected chi connectivity index (χ2v) is 4.09. The summed E-state index contributed by atoms with van der Waals surface area (Å²) in [5.41, 5.74) is 6.32. The maximum atomic E-state index is 11.6. The topological polar surface area (TPSA) is 68.0 Å². The summed E-state index contributed by atoms with van der Waals surface area (Å²) in [6.45, 7) is 4.64. The first kappa shape index (κ1) is 11.8. The van der Waals surface area contributed by atoms with Gasteiger partial charge in [-0.1, -0.05) is 25.4 Å². The lowest BCUT2D eigenvalue weighted by Crippen LogP contribution is -2.28. The lowest BCUT2D eigenvalue weighted by Gasteiger charge is -2.09. The van der Waals surface area contributed by atoms with Crippen molar-refractivity contribution in [3.05, 3.63) is 23.0 Å². The standard InChI is InChI=1S/C10H14ClN3O/c1-6(2)4-14-10(15)7-3-9(11)13-5-8(7)12/h3,5-6H,4,12H2,1-2H3,(H,14,15). The van der Waals surface area contributed by atoms with E-state index < -0.39 is 0 Å². The van der Waals surface area contributed by atoms with Gasteiger partial charge in [0.15, 0.2) is 0 Å². The van der Waals surface area contributed by atoms with Crippen LogP contribution in [0.5, 0.6) is 0 Å². The van der Waals surface area contributed by atoms with Crippen molar-refractivity contribution in [1.29, 1.82) is 0 Å². The van der Waals surface area contributed by atoms with Gasteiger partial charge in [-0.3, -0.25) is 4.79 Å². The fourth-order valence-electron chi connectivity index (χ4n) is 1.03. The average molecular weight is 228 g/mol. The average Bonchev–Trinajstić information content (AvgIpc) is 2.18. The van der Waals surface area contributed by atoms with Crippen LogP contribution in [0.3, 0.4) is 0 Å². The van der Waals surface area contributed by atoms with E-state index in [0.717, 1.165) is 0 Å². The van der Waals surface area contributed by atoms with E-state index in [0.29, 0.717) is 23.7 Å². The molecule has 5 heteroatoms. The molecule has 0 saturated carbocycles. The summed E-state index contributed by atoms with van der Waals surface area (Å²) in [4.78, 5) is 15.4. The van der Waals surface area contributed by atoms with E-state index >= 15 is 0 Å². The monoisotopic (exact) mass is 227 g/mol. The molecule has 0 saturated heterocycles. The van der Waals surface area contributed by atoms with Gasteiger partial charge in [-0.25, -0.2) is 4.98 Å². The summed E-state index contributed by atoms with van der Waals surface area (Å²) in [5, 5.41) is 3.02. The SMILES string of the molecule is CC(C)CNC(=O)c1cc(Cl)ncc1N. The summed E-state index contributed by atoms with van der Waals surface area (Å²) in [6.07, 6.45) is 1.38. The Morgan fingerprint density at radius 1 is 1.67 bits per heavy atom. The molecule has 1 heterocycles. The number of aromatic nitrogens is 1. The summed E-state index contributed by atoms with van der Waals surface area (Å²) < 4.78 is 0. The molecular weight excluding hydrogens is 214 g/mol. The molecule has 82 valence electrons. The second-order valence-electron chi connectivity index (χ2n) is 3.70. The van der Waals surface area contributed by atoms with Crippen LogP contribution in [-0.2, 0) is 0 Å². The number of halogens is 1. The first-order valence-corrected chi connectivity index (χ1v) is 5.07. The molecule has 0 radical (unpaired) electrons. The molecule has 0 spiro atoms. The van der Waals surface area contributed by atoms with Crippen LogP contribution < -0.4 is 11.1 Å². The smallest absolute Gasteiger partial charge is 0.253 e. The Balaban J connectivity index is 2.77. The molecule has 0 fully saturated rings. The molecule has 0 bridgehead atoms. The second kappa shape index (κ2) is 4.98. The normalized spacial score (nSPS) is 10.4. The van der Waals surface area contributed by atoms with E-state index in [1.165, 1.54) is 12.3 Å². The third-order valence-electron chi connectivity index (χ3n) is 1.82. The fourth-order valence-corrected chi connectivity index (χ4v) is 1.19. The molecule has 0 unspecified atom stereocenters. The van der Waals surface area contributed by atoms with Crippen molar-refractivity contribution in [2.24, 2.45) is 5.92 Å². The zero-order valence-corrected chi connectivity index (χ0v) is 9.51. The Morgan fingerprint density at radius 2 is 2.33 bits per heavy atom. The van der Waals surface area contributed by atoms with Gasteiger partial charge in [0.25, 0.3) is 5.91 Å². The Bertz CT molecular complexity index is 366. The van der Waals surface area contributed by atoms with Crippen molar-refractivity contribution in [2.75, 3.05) is 12.3 Å². The number of rotatable bonds is 3. The van der Waals surface area contributed by atoms with Gasteiger partial charge >= 0.3 is 0 Å². The van der Waals surface area contributed by atoms with Crippen molar-refractivity contribution < 1.29 is 4.79 Å². The van der Waals surface area contributed by atoms with Crippen LogP contribution in [0.1, 0.15) is 24.2 Å². The maximum Gasteiger partial charge on any atom is 0.253 e. The number of hydrogen-bond acceptors (Lipinski definition) is 3. The molecule has 1 rings (SSSR count). The summed E-state index contributed by atoms with van der Waals surface area (Å²) in [7, 11) is 0. The van der Waals surface area contributed by atoms with E-state index in [2.05, 4.69) is 10.3 Å². The van der Waals surface area contributed by atoms with E-state index in [-0.39, 0.29) is 11.1 Å². The highest BCUT2D eigenvalue weighted by atomic mass is 35.5. The third kappa shape index (κ3) is 3.40. The van der Waals surface area contributed by atoms with Crippen LogP contribution >= 0.6 is 11.6 Å². The van der Waals surface area contributed by atoms with Crippen LogP contribution in [0.25, 0.3) is 0 Å².